The molecule has 0 amide bonds. The van der Waals surface area contributed by atoms with Gasteiger partial charge in [-0.25, -0.2) is 4.79 Å². The van der Waals surface area contributed by atoms with Gasteiger partial charge in [-0.1, -0.05) is 24.3 Å². The summed E-state index contributed by atoms with van der Waals surface area (Å²) in [6, 6.07) is 9.00. The Hall–Kier alpha value is -2.66. The fourth-order valence-corrected chi connectivity index (χ4v) is 2.40. The molecule has 0 fully saturated rings. The van der Waals surface area contributed by atoms with Crippen molar-refractivity contribution in [3.05, 3.63) is 64.2 Å². The van der Waals surface area contributed by atoms with Crippen LogP contribution in [0.4, 0.5) is 5.69 Å². The fourth-order valence-electron chi connectivity index (χ4n) is 2.40. The number of hydrogen-bond acceptors (Lipinski definition) is 4. The maximum Gasteiger partial charge on any atom is 0.337 e. The summed E-state index contributed by atoms with van der Waals surface area (Å²) in [6.07, 6.45) is 0. The quantitative estimate of drug-likeness (QED) is 0.671. The van der Waals surface area contributed by atoms with E-state index in [-0.39, 0.29) is 46.1 Å². The van der Waals surface area contributed by atoms with E-state index in [1.54, 1.807) is 18.2 Å². The van der Waals surface area contributed by atoms with Crippen molar-refractivity contribution in [3.8, 4) is 0 Å². The largest absolute Gasteiger partial charge is 0.478 e. The van der Waals surface area contributed by atoms with Crippen LogP contribution in [0.1, 0.15) is 42.2 Å². The van der Waals surface area contributed by atoms with Gasteiger partial charge in [-0.2, -0.15) is 0 Å². The zero-order valence-electron chi connectivity index (χ0n) is 10.6. The van der Waals surface area contributed by atoms with Crippen LogP contribution in [0.15, 0.2) is 36.4 Å². The molecule has 0 saturated carbocycles. The lowest BCUT2D eigenvalue weighted by atomic mass is 9.82. The molecule has 106 valence electrons. The van der Waals surface area contributed by atoms with Crippen molar-refractivity contribution in [3.63, 3.8) is 0 Å². The molecule has 1 aliphatic rings. The van der Waals surface area contributed by atoms with Gasteiger partial charge in [0.15, 0.2) is 11.6 Å². The molecule has 0 bridgehead atoms. The van der Waals surface area contributed by atoms with Crippen LogP contribution in [0.3, 0.4) is 0 Å². The predicted molar refractivity (Wildman–Crippen MR) is 78.4 cm³/mol. The standard InChI is InChI=1S/C15H9NO4.ClH/c16-12-10(15(19)20)6-5-9-11(12)14(18)8-4-2-1-3-7(8)13(9)17;/h1-6H,16H2,(H,19,20);1H. The smallest absolute Gasteiger partial charge is 0.337 e. The highest BCUT2D eigenvalue weighted by Crippen LogP contribution is 2.32. The van der Waals surface area contributed by atoms with E-state index in [1.165, 1.54) is 18.2 Å². The summed E-state index contributed by atoms with van der Waals surface area (Å²) in [4.78, 5) is 35.8. The van der Waals surface area contributed by atoms with Crippen LogP contribution in [0.5, 0.6) is 0 Å². The lowest BCUT2D eigenvalue weighted by Gasteiger charge is -2.19. The Morgan fingerprint density at radius 1 is 0.905 bits per heavy atom. The number of carboxylic acid groups (broad SMARTS) is 1. The van der Waals surface area contributed by atoms with E-state index in [0.717, 1.165) is 0 Å². The molecule has 0 saturated heterocycles. The third-order valence-electron chi connectivity index (χ3n) is 3.36. The first-order valence-corrected chi connectivity index (χ1v) is 5.86. The lowest BCUT2D eigenvalue weighted by molar-refractivity contribution is 0.0697. The number of benzene rings is 2. The summed E-state index contributed by atoms with van der Waals surface area (Å²) in [5, 5.41) is 9.04. The van der Waals surface area contributed by atoms with Gasteiger partial charge in [0.05, 0.1) is 16.8 Å². The summed E-state index contributed by atoms with van der Waals surface area (Å²) in [5.41, 5.74) is 6.11. The molecule has 0 radical (unpaired) electrons. The van der Waals surface area contributed by atoms with Crippen LogP contribution in [0.2, 0.25) is 0 Å². The second-order valence-corrected chi connectivity index (χ2v) is 4.46. The van der Waals surface area contributed by atoms with Gasteiger partial charge in [-0.15, -0.1) is 12.4 Å². The van der Waals surface area contributed by atoms with Crippen LogP contribution in [0, 0.1) is 0 Å². The zero-order chi connectivity index (χ0) is 14.4. The van der Waals surface area contributed by atoms with Crippen molar-refractivity contribution in [2.75, 3.05) is 5.73 Å². The number of rotatable bonds is 1. The summed E-state index contributed by atoms with van der Waals surface area (Å²) in [6.45, 7) is 0. The van der Waals surface area contributed by atoms with Crippen molar-refractivity contribution in [1.82, 2.24) is 0 Å². The van der Waals surface area contributed by atoms with Gasteiger partial charge >= 0.3 is 5.97 Å². The Bertz CT molecular complexity index is 798. The van der Waals surface area contributed by atoms with Gasteiger partial charge in [-0.3, -0.25) is 9.59 Å². The molecule has 2 aromatic carbocycles. The Balaban J connectivity index is 0.00000161. The number of carboxylic acids is 1. The molecule has 0 atom stereocenters. The van der Waals surface area contributed by atoms with Gasteiger partial charge < -0.3 is 10.8 Å². The van der Waals surface area contributed by atoms with Crippen molar-refractivity contribution in [2.45, 2.75) is 0 Å². The molecule has 5 nitrogen and oxygen atoms in total. The molecule has 21 heavy (non-hydrogen) atoms. The first-order chi connectivity index (χ1) is 9.52. The van der Waals surface area contributed by atoms with Crippen LogP contribution in [-0.2, 0) is 0 Å². The molecule has 0 unspecified atom stereocenters. The number of anilines is 1. The number of ketones is 2. The summed E-state index contributed by atoms with van der Waals surface area (Å²) in [5.74, 6) is -1.97. The van der Waals surface area contributed by atoms with E-state index >= 15 is 0 Å². The molecular formula is C15H10ClNO4. The zero-order valence-corrected chi connectivity index (χ0v) is 11.4. The average Bonchev–Trinajstić information content (AvgIpc) is 2.44. The van der Waals surface area contributed by atoms with E-state index in [0.29, 0.717) is 5.56 Å². The number of carbonyl (C=O) groups is 3. The molecule has 0 spiro atoms. The van der Waals surface area contributed by atoms with Gasteiger partial charge in [0.25, 0.3) is 0 Å². The highest BCUT2D eigenvalue weighted by molar-refractivity contribution is 6.30. The molecule has 0 heterocycles. The third kappa shape index (κ3) is 1.98. The minimum atomic E-state index is -1.23. The number of carbonyl (C=O) groups excluding carboxylic acids is 2. The number of aromatic carboxylic acids is 1. The monoisotopic (exact) mass is 303 g/mol. The Kier molecular flexibility index (Phi) is 3.53. The Labute approximate surface area is 125 Å². The van der Waals surface area contributed by atoms with E-state index in [1.807, 2.05) is 0 Å². The highest BCUT2D eigenvalue weighted by Gasteiger charge is 2.32. The molecule has 0 aromatic heterocycles. The summed E-state index contributed by atoms with van der Waals surface area (Å²) in [7, 11) is 0. The molecule has 3 N–H and O–H groups in total. The fraction of sp³-hybridized carbons (Fsp3) is 0. The van der Waals surface area contributed by atoms with Crippen LogP contribution < -0.4 is 5.73 Å². The van der Waals surface area contributed by atoms with E-state index < -0.39 is 11.8 Å². The first kappa shape index (κ1) is 14.7. The number of fused-ring (bicyclic) bond motifs is 2. The van der Waals surface area contributed by atoms with E-state index in [9.17, 15) is 14.4 Å². The lowest BCUT2D eigenvalue weighted by Crippen LogP contribution is -2.23. The van der Waals surface area contributed by atoms with Gasteiger partial charge in [-0.05, 0) is 12.1 Å². The number of nitrogens with two attached hydrogens (primary N) is 1. The highest BCUT2D eigenvalue weighted by atomic mass is 35.5. The second kappa shape index (κ2) is 5.03. The normalized spacial score (nSPS) is 12.2. The van der Waals surface area contributed by atoms with Gasteiger partial charge in [0.2, 0.25) is 0 Å². The average molecular weight is 304 g/mol. The third-order valence-corrected chi connectivity index (χ3v) is 3.36. The predicted octanol–water partition coefficient (Wildman–Crippen LogP) is 2.16. The van der Waals surface area contributed by atoms with Crippen LogP contribution in [-0.4, -0.2) is 22.6 Å². The number of hydrogen-bond donors (Lipinski definition) is 2. The van der Waals surface area contributed by atoms with Crippen LogP contribution in [0.25, 0.3) is 0 Å². The van der Waals surface area contributed by atoms with E-state index in [4.69, 9.17) is 10.8 Å². The minimum Gasteiger partial charge on any atom is -0.478 e. The van der Waals surface area contributed by atoms with Crippen LogP contribution >= 0.6 is 12.4 Å². The molecule has 1 aliphatic carbocycles. The van der Waals surface area contributed by atoms with Crippen molar-refractivity contribution in [2.24, 2.45) is 0 Å². The van der Waals surface area contributed by atoms with E-state index in [2.05, 4.69) is 0 Å². The summed E-state index contributed by atoms with van der Waals surface area (Å²) >= 11 is 0. The number of halogens is 1. The minimum absolute atomic E-state index is 0. The van der Waals surface area contributed by atoms with Crippen molar-refractivity contribution in [1.29, 1.82) is 0 Å². The Morgan fingerprint density at radius 2 is 1.48 bits per heavy atom. The molecule has 0 aliphatic heterocycles. The summed E-state index contributed by atoms with van der Waals surface area (Å²) < 4.78 is 0. The first-order valence-electron chi connectivity index (χ1n) is 5.86. The molecule has 3 rings (SSSR count). The van der Waals surface area contributed by atoms with Gasteiger partial charge in [0.1, 0.15) is 0 Å². The molecule has 6 heteroatoms. The van der Waals surface area contributed by atoms with Crippen molar-refractivity contribution < 1.29 is 19.5 Å². The second-order valence-electron chi connectivity index (χ2n) is 4.46. The SMILES string of the molecule is Cl.Nc1c(C(=O)O)ccc2c1C(=O)c1ccccc1C2=O. The Morgan fingerprint density at radius 3 is 2.05 bits per heavy atom. The maximum absolute atomic E-state index is 12.4. The topological polar surface area (TPSA) is 97.5 Å². The maximum atomic E-state index is 12.4. The number of nitrogen functional groups attached to an aromatic ring is 1. The van der Waals surface area contributed by atoms with Gasteiger partial charge in [0, 0.05) is 16.7 Å². The van der Waals surface area contributed by atoms with Crippen molar-refractivity contribution >= 4 is 35.6 Å². The molecule has 2 aromatic rings. The molecular weight excluding hydrogens is 294 g/mol.